The topological polar surface area (TPSA) is 67.5 Å². The summed E-state index contributed by atoms with van der Waals surface area (Å²) < 4.78 is 10.4. The van der Waals surface area contributed by atoms with Gasteiger partial charge in [0.15, 0.2) is 5.82 Å². The van der Waals surface area contributed by atoms with Crippen LogP contribution in [0.15, 0.2) is 29.0 Å². The monoisotopic (exact) mass is 303 g/mol. The molecule has 0 aromatic carbocycles. The summed E-state index contributed by atoms with van der Waals surface area (Å²) in [4.78, 5) is 13.2. The number of hydrogen-bond donors (Lipinski definition) is 0. The van der Waals surface area contributed by atoms with Gasteiger partial charge in [-0.25, -0.2) is 0 Å². The van der Waals surface area contributed by atoms with Crippen molar-refractivity contribution in [2.24, 2.45) is 0 Å². The first-order valence-corrected chi connectivity index (χ1v) is 7.48. The van der Waals surface area contributed by atoms with Crippen molar-refractivity contribution in [2.45, 2.75) is 19.6 Å². The number of hydrogen-bond acceptors (Lipinski definition) is 7. The predicted octanol–water partition coefficient (Wildman–Crippen LogP) is 1.49. The van der Waals surface area contributed by atoms with Crippen LogP contribution in [0.1, 0.15) is 24.7 Å². The Kier molecular flexibility index (Phi) is 4.65. The molecule has 3 heterocycles. The number of methoxy groups -OCH3 is 1. The number of pyridine rings is 1. The number of aromatic nitrogens is 3. The molecule has 0 bridgehead atoms. The molecule has 0 spiro atoms. The second kappa shape index (κ2) is 6.85. The lowest BCUT2D eigenvalue weighted by Gasteiger charge is -2.37. The zero-order chi connectivity index (χ0) is 15.4. The van der Waals surface area contributed by atoms with E-state index in [1.54, 1.807) is 7.11 Å². The fourth-order valence-electron chi connectivity index (χ4n) is 2.70. The Labute approximate surface area is 129 Å². The zero-order valence-electron chi connectivity index (χ0n) is 13.0. The van der Waals surface area contributed by atoms with E-state index < -0.39 is 0 Å². The number of piperazine rings is 1. The van der Waals surface area contributed by atoms with Gasteiger partial charge in [0.1, 0.15) is 6.61 Å². The molecule has 7 heteroatoms. The lowest BCUT2D eigenvalue weighted by Crippen LogP contribution is -2.47. The summed E-state index contributed by atoms with van der Waals surface area (Å²) in [5, 5.41) is 3.93. The molecule has 1 aliphatic rings. The van der Waals surface area contributed by atoms with E-state index in [4.69, 9.17) is 9.26 Å². The van der Waals surface area contributed by atoms with E-state index in [-0.39, 0.29) is 6.04 Å². The smallest absolute Gasteiger partial charge is 0.243 e. The van der Waals surface area contributed by atoms with E-state index >= 15 is 0 Å². The Hall–Kier alpha value is -1.99. The second-order valence-corrected chi connectivity index (χ2v) is 5.39. The fourth-order valence-corrected chi connectivity index (χ4v) is 2.70. The summed E-state index contributed by atoms with van der Waals surface area (Å²) in [5.41, 5.74) is 1.22. The van der Waals surface area contributed by atoms with Crippen LogP contribution in [0.3, 0.4) is 0 Å². The first-order chi connectivity index (χ1) is 10.8. The van der Waals surface area contributed by atoms with E-state index in [0.717, 1.165) is 26.2 Å². The van der Waals surface area contributed by atoms with Crippen LogP contribution in [-0.2, 0) is 11.3 Å². The Morgan fingerprint density at radius 3 is 2.64 bits per heavy atom. The molecular formula is C15H21N5O2. The summed E-state index contributed by atoms with van der Waals surface area (Å²) in [5.74, 6) is 1.25. The fraction of sp³-hybridized carbons (Fsp3) is 0.533. The van der Waals surface area contributed by atoms with Gasteiger partial charge in [-0.2, -0.15) is 4.98 Å². The summed E-state index contributed by atoms with van der Waals surface area (Å²) >= 11 is 0. The molecule has 2 aromatic rings. The first kappa shape index (κ1) is 14.9. The standard InChI is InChI=1S/C15H21N5O2/c1-12(15-17-14(11-21-2)18-22-15)19-7-9-20(10-8-19)13-3-5-16-6-4-13/h3-6,12H,7-11H2,1-2H3/t12-/m1/s1. The lowest BCUT2D eigenvalue weighted by molar-refractivity contribution is 0.162. The van der Waals surface area contributed by atoms with Gasteiger partial charge in [-0.05, 0) is 19.1 Å². The average molecular weight is 303 g/mol. The van der Waals surface area contributed by atoms with Crippen molar-refractivity contribution in [1.82, 2.24) is 20.0 Å². The highest BCUT2D eigenvalue weighted by Gasteiger charge is 2.25. The zero-order valence-corrected chi connectivity index (χ0v) is 13.0. The predicted molar refractivity (Wildman–Crippen MR) is 81.4 cm³/mol. The Morgan fingerprint density at radius 1 is 1.23 bits per heavy atom. The lowest BCUT2D eigenvalue weighted by atomic mass is 10.2. The van der Waals surface area contributed by atoms with Crippen LogP contribution in [-0.4, -0.2) is 53.3 Å². The summed E-state index contributed by atoms with van der Waals surface area (Å²) in [6.45, 7) is 6.37. The van der Waals surface area contributed by atoms with E-state index in [1.807, 2.05) is 24.5 Å². The maximum atomic E-state index is 5.34. The van der Waals surface area contributed by atoms with Gasteiger partial charge in [-0.15, -0.1) is 0 Å². The summed E-state index contributed by atoms with van der Waals surface area (Å²) in [7, 11) is 1.62. The van der Waals surface area contributed by atoms with E-state index in [1.165, 1.54) is 5.69 Å². The molecule has 118 valence electrons. The van der Waals surface area contributed by atoms with Crippen molar-refractivity contribution < 1.29 is 9.26 Å². The summed E-state index contributed by atoms with van der Waals surface area (Å²) in [6.07, 6.45) is 3.67. The molecule has 1 fully saturated rings. The van der Waals surface area contributed by atoms with Gasteiger partial charge < -0.3 is 14.2 Å². The number of rotatable bonds is 5. The van der Waals surface area contributed by atoms with Gasteiger partial charge in [0.2, 0.25) is 5.89 Å². The Morgan fingerprint density at radius 2 is 1.95 bits per heavy atom. The third kappa shape index (κ3) is 3.26. The number of anilines is 1. The van der Waals surface area contributed by atoms with Crippen LogP contribution < -0.4 is 4.90 Å². The van der Waals surface area contributed by atoms with E-state index in [2.05, 4.69) is 31.8 Å². The minimum atomic E-state index is 0.123. The van der Waals surface area contributed by atoms with Gasteiger partial charge in [-0.3, -0.25) is 9.88 Å². The maximum absolute atomic E-state index is 5.34. The van der Waals surface area contributed by atoms with Gasteiger partial charge in [-0.1, -0.05) is 5.16 Å². The SMILES string of the molecule is COCc1noc([C@@H](C)N2CCN(c3ccncc3)CC2)n1. The molecule has 0 unspecified atom stereocenters. The van der Waals surface area contributed by atoms with Crippen LogP contribution in [0.4, 0.5) is 5.69 Å². The van der Waals surface area contributed by atoms with Gasteiger partial charge >= 0.3 is 0 Å². The third-order valence-electron chi connectivity index (χ3n) is 4.00. The third-order valence-corrected chi connectivity index (χ3v) is 4.00. The minimum absolute atomic E-state index is 0.123. The Balaban J connectivity index is 1.58. The van der Waals surface area contributed by atoms with Crippen LogP contribution in [0.25, 0.3) is 0 Å². The molecule has 1 atom stereocenters. The molecule has 0 saturated carbocycles. The molecule has 22 heavy (non-hydrogen) atoms. The van der Waals surface area contributed by atoms with Crippen molar-refractivity contribution in [1.29, 1.82) is 0 Å². The minimum Gasteiger partial charge on any atom is -0.377 e. The van der Waals surface area contributed by atoms with Crippen LogP contribution in [0, 0.1) is 0 Å². The van der Waals surface area contributed by atoms with Crippen LogP contribution in [0.2, 0.25) is 0 Å². The van der Waals surface area contributed by atoms with Gasteiger partial charge in [0.25, 0.3) is 0 Å². The van der Waals surface area contributed by atoms with Gasteiger partial charge in [0, 0.05) is 51.4 Å². The molecular weight excluding hydrogens is 282 g/mol. The molecule has 1 saturated heterocycles. The number of ether oxygens (including phenoxy) is 1. The molecule has 0 aliphatic carbocycles. The molecule has 3 rings (SSSR count). The molecule has 2 aromatic heterocycles. The first-order valence-electron chi connectivity index (χ1n) is 7.48. The highest BCUT2D eigenvalue weighted by Crippen LogP contribution is 2.22. The van der Waals surface area contributed by atoms with Crippen molar-refractivity contribution in [3.63, 3.8) is 0 Å². The number of nitrogens with zero attached hydrogens (tertiary/aromatic N) is 5. The second-order valence-electron chi connectivity index (χ2n) is 5.39. The van der Waals surface area contributed by atoms with Crippen molar-refractivity contribution >= 4 is 5.69 Å². The van der Waals surface area contributed by atoms with E-state index in [0.29, 0.717) is 18.3 Å². The van der Waals surface area contributed by atoms with Crippen molar-refractivity contribution in [3.8, 4) is 0 Å². The Bertz CT molecular complexity index is 581. The molecule has 0 N–H and O–H groups in total. The quantitative estimate of drug-likeness (QED) is 0.829. The largest absolute Gasteiger partial charge is 0.377 e. The average Bonchev–Trinajstić information content (AvgIpc) is 3.04. The molecule has 0 amide bonds. The van der Waals surface area contributed by atoms with Gasteiger partial charge in [0.05, 0.1) is 6.04 Å². The normalized spacial score (nSPS) is 17.6. The molecule has 7 nitrogen and oxygen atoms in total. The van der Waals surface area contributed by atoms with Crippen LogP contribution in [0.5, 0.6) is 0 Å². The van der Waals surface area contributed by atoms with Crippen LogP contribution >= 0.6 is 0 Å². The summed E-state index contributed by atoms with van der Waals surface area (Å²) in [6, 6.07) is 4.22. The highest BCUT2D eigenvalue weighted by molar-refractivity contribution is 5.44. The van der Waals surface area contributed by atoms with Crippen molar-refractivity contribution in [2.75, 3.05) is 38.2 Å². The molecule has 0 radical (unpaired) electrons. The van der Waals surface area contributed by atoms with E-state index in [9.17, 15) is 0 Å². The molecule has 1 aliphatic heterocycles. The maximum Gasteiger partial charge on any atom is 0.243 e. The van der Waals surface area contributed by atoms with Crippen molar-refractivity contribution in [3.05, 3.63) is 36.2 Å². The highest BCUT2D eigenvalue weighted by atomic mass is 16.5.